The molecule has 2 rings (SSSR count). The molecule has 0 bridgehead atoms. The van der Waals surface area contributed by atoms with Crippen molar-refractivity contribution in [3.8, 4) is 0 Å². The molecule has 0 saturated heterocycles. The van der Waals surface area contributed by atoms with Gasteiger partial charge >= 0.3 is 5.97 Å². The molecule has 3 heteroatoms. The Hall–Kier alpha value is -1.25. The molecule has 1 saturated carbocycles. The zero-order valence-corrected chi connectivity index (χ0v) is 7.42. The second-order valence-corrected chi connectivity index (χ2v) is 3.63. The van der Waals surface area contributed by atoms with E-state index in [2.05, 4.69) is 4.98 Å². The van der Waals surface area contributed by atoms with Crippen molar-refractivity contribution in [2.75, 3.05) is 0 Å². The van der Waals surface area contributed by atoms with E-state index in [-0.39, 0.29) is 0 Å². The highest BCUT2D eigenvalue weighted by molar-refractivity contribution is 5.85. The van der Waals surface area contributed by atoms with Crippen molar-refractivity contribution < 1.29 is 9.90 Å². The number of H-pyrrole nitrogens is 1. The summed E-state index contributed by atoms with van der Waals surface area (Å²) in [7, 11) is 0. The minimum atomic E-state index is -0.871. The molecule has 1 aliphatic rings. The molecule has 70 valence electrons. The lowest BCUT2D eigenvalue weighted by Crippen LogP contribution is -1.95. The smallest absolute Gasteiger partial charge is 0.352 e. The third-order valence-electron chi connectivity index (χ3n) is 2.76. The SMILES string of the molecule is O=C(O)c1cc(C2CCCC2)c[nH]1. The minimum Gasteiger partial charge on any atom is -0.477 e. The number of hydrogen-bond acceptors (Lipinski definition) is 1. The highest BCUT2D eigenvalue weighted by atomic mass is 16.4. The molecular formula is C10H13NO2. The van der Waals surface area contributed by atoms with Crippen molar-refractivity contribution in [2.45, 2.75) is 31.6 Å². The maximum Gasteiger partial charge on any atom is 0.352 e. The van der Waals surface area contributed by atoms with E-state index < -0.39 is 5.97 Å². The molecule has 0 radical (unpaired) electrons. The number of carboxylic acid groups (broad SMARTS) is 1. The van der Waals surface area contributed by atoms with Crippen LogP contribution >= 0.6 is 0 Å². The standard InChI is InChI=1S/C10H13NO2/c12-10(13)9-5-8(6-11-9)7-3-1-2-4-7/h5-7,11H,1-4H2,(H,12,13). The van der Waals surface area contributed by atoms with Gasteiger partial charge in [0.15, 0.2) is 0 Å². The molecule has 2 N–H and O–H groups in total. The lowest BCUT2D eigenvalue weighted by Gasteiger charge is -2.03. The molecule has 1 aliphatic carbocycles. The maximum absolute atomic E-state index is 10.6. The van der Waals surface area contributed by atoms with Crippen molar-refractivity contribution in [3.05, 3.63) is 23.5 Å². The van der Waals surface area contributed by atoms with Crippen LogP contribution < -0.4 is 0 Å². The van der Waals surface area contributed by atoms with Crippen molar-refractivity contribution in [1.29, 1.82) is 0 Å². The Morgan fingerprint density at radius 2 is 2.15 bits per heavy atom. The third kappa shape index (κ3) is 1.59. The van der Waals surface area contributed by atoms with Gasteiger partial charge in [-0.15, -0.1) is 0 Å². The second kappa shape index (κ2) is 3.24. The van der Waals surface area contributed by atoms with E-state index in [9.17, 15) is 4.79 Å². The molecule has 1 heterocycles. The Kier molecular flexibility index (Phi) is 2.08. The largest absolute Gasteiger partial charge is 0.477 e. The highest BCUT2D eigenvalue weighted by Gasteiger charge is 2.19. The molecule has 1 aromatic rings. The van der Waals surface area contributed by atoms with Crippen LogP contribution in [0.15, 0.2) is 12.3 Å². The normalized spacial score (nSPS) is 17.8. The van der Waals surface area contributed by atoms with E-state index in [1.54, 1.807) is 6.07 Å². The van der Waals surface area contributed by atoms with Gasteiger partial charge in [-0.2, -0.15) is 0 Å². The number of nitrogens with one attached hydrogen (secondary N) is 1. The van der Waals surface area contributed by atoms with Gasteiger partial charge < -0.3 is 10.1 Å². The van der Waals surface area contributed by atoms with E-state index in [4.69, 9.17) is 5.11 Å². The van der Waals surface area contributed by atoms with Crippen molar-refractivity contribution in [1.82, 2.24) is 4.98 Å². The van der Waals surface area contributed by atoms with E-state index in [1.165, 1.54) is 25.7 Å². The van der Waals surface area contributed by atoms with Gasteiger partial charge in [0.25, 0.3) is 0 Å². The number of aromatic amines is 1. The van der Waals surface area contributed by atoms with Crippen molar-refractivity contribution in [2.24, 2.45) is 0 Å². The van der Waals surface area contributed by atoms with E-state index >= 15 is 0 Å². The predicted octanol–water partition coefficient (Wildman–Crippen LogP) is 2.37. The third-order valence-corrected chi connectivity index (χ3v) is 2.76. The fourth-order valence-electron chi connectivity index (χ4n) is 2.03. The molecule has 0 spiro atoms. The quantitative estimate of drug-likeness (QED) is 0.732. The molecule has 13 heavy (non-hydrogen) atoms. The van der Waals surface area contributed by atoms with Crippen molar-refractivity contribution in [3.63, 3.8) is 0 Å². The topological polar surface area (TPSA) is 53.1 Å². The highest BCUT2D eigenvalue weighted by Crippen LogP contribution is 2.34. The van der Waals surface area contributed by atoms with Gasteiger partial charge in [0, 0.05) is 6.20 Å². The number of carboxylic acids is 1. The molecule has 1 fully saturated rings. The predicted molar refractivity (Wildman–Crippen MR) is 49.0 cm³/mol. The van der Waals surface area contributed by atoms with Crippen LogP contribution in [0.2, 0.25) is 0 Å². The van der Waals surface area contributed by atoms with Gasteiger partial charge in [-0.3, -0.25) is 0 Å². The Labute approximate surface area is 76.8 Å². The summed E-state index contributed by atoms with van der Waals surface area (Å²) in [5, 5.41) is 8.71. The Morgan fingerprint density at radius 3 is 2.69 bits per heavy atom. The number of rotatable bonds is 2. The van der Waals surface area contributed by atoms with E-state index in [1.807, 2.05) is 6.20 Å². The Bertz CT molecular complexity index is 310. The van der Waals surface area contributed by atoms with Crippen LogP contribution in [-0.4, -0.2) is 16.1 Å². The van der Waals surface area contributed by atoms with Crippen LogP contribution in [0.1, 0.15) is 47.7 Å². The lowest BCUT2D eigenvalue weighted by atomic mass is 10.0. The van der Waals surface area contributed by atoms with Gasteiger partial charge in [-0.1, -0.05) is 12.8 Å². The second-order valence-electron chi connectivity index (χ2n) is 3.63. The average Bonchev–Trinajstić information content (AvgIpc) is 2.75. The first-order valence-corrected chi connectivity index (χ1v) is 4.69. The molecule has 0 aromatic carbocycles. The summed E-state index contributed by atoms with van der Waals surface area (Å²) in [6.45, 7) is 0. The number of carbonyl (C=O) groups is 1. The van der Waals surface area contributed by atoms with Crippen molar-refractivity contribution >= 4 is 5.97 Å². The van der Waals surface area contributed by atoms with Crippen LogP contribution in [0.3, 0.4) is 0 Å². The minimum absolute atomic E-state index is 0.307. The fourth-order valence-corrected chi connectivity index (χ4v) is 2.03. The number of aromatic carboxylic acids is 1. The molecule has 0 atom stereocenters. The van der Waals surface area contributed by atoms with Gasteiger partial charge in [0.05, 0.1) is 0 Å². The molecule has 1 aromatic heterocycles. The molecule has 0 aliphatic heterocycles. The first-order chi connectivity index (χ1) is 6.27. The van der Waals surface area contributed by atoms with Gasteiger partial charge in [-0.25, -0.2) is 4.79 Å². The summed E-state index contributed by atoms with van der Waals surface area (Å²) in [5.74, 6) is -0.284. The number of aromatic nitrogens is 1. The van der Waals surface area contributed by atoms with Crippen LogP contribution in [0.5, 0.6) is 0 Å². The Balaban J connectivity index is 2.16. The molecular weight excluding hydrogens is 166 g/mol. The van der Waals surface area contributed by atoms with Crippen LogP contribution in [0.4, 0.5) is 0 Å². The van der Waals surface area contributed by atoms with Gasteiger partial charge in [0.1, 0.15) is 5.69 Å². The first-order valence-electron chi connectivity index (χ1n) is 4.69. The molecule has 0 unspecified atom stereocenters. The molecule has 3 nitrogen and oxygen atoms in total. The van der Waals surface area contributed by atoms with Crippen LogP contribution in [-0.2, 0) is 0 Å². The van der Waals surface area contributed by atoms with Crippen LogP contribution in [0.25, 0.3) is 0 Å². The summed E-state index contributed by atoms with van der Waals surface area (Å²) in [6, 6.07) is 1.76. The average molecular weight is 179 g/mol. The van der Waals surface area contributed by atoms with E-state index in [0.717, 1.165) is 5.56 Å². The van der Waals surface area contributed by atoms with Crippen LogP contribution in [0, 0.1) is 0 Å². The summed E-state index contributed by atoms with van der Waals surface area (Å²) in [6.07, 6.45) is 6.80. The fraction of sp³-hybridized carbons (Fsp3) is 0.500. The maximum atomic E-state index is 10.6. The summed E-state index contributed by atoms with van der Waals surface area (Å²) in [5.41, 5.74) is 1.47. The molecule has 0 amide bonds. The monoisotopic (exact) mass is 179 g/mol. The summed E-state index contributed by atoms with van der Waals surface area (Å²) < 4.78 is 0. The summed E-state index contributed by atoms with van der Waals surface area (Å²) >= 11 is 0. The summed E-state index contributed by atoms with van der Waals surface area (Å²) in [4.78, 5) is 13.4. The van der Waals surface area contributed by atoms with Gasteiger partial charge in [0.2, 0.25) is 0 Å². The zero-order valence-electron chi connectivity index (χ0n) is 7.42. The van der Waals surface area contributed by atoms with E-state index in [0.29, 0.717) is 11.6 Å². The zero-order chi connectivity index (χ0) is 9.26. The lowest BCUT2D eigenvalue weighted by molar-refractivity contribution is 0.0691. The van der Waals surface area contributed by atoms with Gasteiger partial charge in [-0.05, 0) is 30.4 Å². The Morgan fingerprint density at radius 1 is 1.46 bits per heavy atom. The first kappa shape index (κ1) is 8.35. The number of hydrogen-bond donors (Lipinski definition) is 2.